The summed E-state index contributed by atoms with van der Waals surface area (Å²) in [6.07, 6.45) is 4.58. The number of allylic oxidation sites excluding steroid dienone is 1. The zero-order valence-electron chi connectivity index (χ0n) is 18.9. The summed E-state index contributed by atoms with van der Waals surface area (Å²) in [7, 11) is 0. The minimum Gasteiger partial charge on any atom is -0.506 e. The van der Waals surface area contributed by atoms with E-state index in [1.54, 1.807) is 35.0 Å². The number of fused-ring (bicyclic) bond motifs is 1. The molecule has 0 unspecified atom stereocenters. The number of phenolic OH excluding ortho intramolecular Hbond substituents is 1. The molecule has 0 aliphatic carbocycles. The van der Waals surface area contributed by atoms with Crippen LogP contribution in [0, 0.1) is 0 Å². The van der Waals surface area contributed by atoms with E-state index in [0.29, 0.717) is 25.9 Å². The molecule has 0 spiro atoms. The van der Waals surface area contributed by atoms with Crippen LogP contribution in [0.25, 0.3) is 10.9 Å². The van der Waals surface area contributed by atoms with Gasteiger partial charge in [-0.05, 0) is 42.7 Å². The summed E-state index contributed by atoms with van der Waals surface area (Å²) in [6.45, 7) is 1.96. The Morgan fingerprint density at radius 2 is 1.91 bits per heavy atom. The quantitative estimate of drug-likeness (QED) is 0.341. The van der Waals surface area contributed by atoms with Crippen LogP contribution in [-0.4, -0.2) is 46.1 Å². The van der Waals surface area contributed by atoms with Crippen LogP contribution >= 0.6 is 0 Å². The summed E-state index contributed by atoms with van der Waals surface area (Å²) in [4.78, 5) is 25.3. The number of hydrogen-bond donors (Lipinski definition) is 3. The van der Waals surface area contributed by atoms with E-state index in [-0.39, 0.29) is 35.6 Å². The maximum Gasteiger partial charge on any atom is 0.290 e. The van der Waals surface area contributed by atoms with Crippen molar-refractivity contribution in [2.45, 2.75) is 38.4 Å². The Hall–Kier alpha value is -3.62. The summed E-state index contributed by atoms with van der Waals surface area (Å²) in [5, 5.41) is 22.6. The molecule has 0 fully saturated rings. The Morgan fingerprint density at radius 1 is 1.15 bits per heavy atom. The molecule has 1 aliphatic rings. The zero-order valence-corrected chi connectivity index (χ0v) is 18.9. The van der Waals surface area contributed by atoms with Gasteiger partial charge in [0.05, 0.1) is 17.8 Å². The lowest BCUT2D eigenvalue weighted by Crippen LogP contribution is -2.29. The highest BCUT2D eigenvalue weighted by Gasteiger charge is 2.31. The Balaban J connectivity index is 1.66. The first kappa shape index (κ1) is 23.5. The van der Waals surface area contributed by atoms with Gasteiger partial charge in [0, 0.05) is 37.5 Å². The number of amides is 1. The third-order valence-corrected chi connectivity index (χ3v) is 5.77. The van der Waals surface area contributed by atoms with Crippen molar-refractivity contribution in [2.24, 2.45) is 0 Å². The van der Waals surface area contributed by atoms with Gasteiger partial charge in [-0.1, -0.05) is 30.3 Å². The molecule has 2 aromatic carbocycles. The normalized spacial score (nSPS) is 17.8. The SMILES string of the molecule is CC(=O)n1cc([C@H]2C=C(C(=O)Nc3ccccc3O)O[C@@H](OCCCCO)C2)c2ccccc21. The lowest BCUT2D eigenvalue weighted by atomic mass is 9.92. The first-order chi connectivity index (χ1) is 16.5. The second-order valence-corrected chi connectivity index (χ2v) is 8.18. The number of carbonyl (C=O) groups excluding carboxylic acids is 2. The first-order valence-electron chi connectivity index (χ1n) is 11.3. The van der Waals surface area contributed by atoms with Gasteiger partial charge in [0.1, 0.15) is 5.75 Å². The number of carbonyl (C=O) groups is 2. The van der Waals surface area contributed by atoms with Crippen LogP contribution in [0.4, 0.5) is 5.69 Å². The minimum atomic E-state index is -0.682. The summed E-state index contributed by atoms with van der Waals surface area (Å²) in [6, 6.07) is 14.1. The average Bonchev–Trinajstić information content (AvgIpc) is 3.23. The predicted octanol–water partition coefficient (Wildman–Crippen LogP) is 4.15. The zero-order chi connectivity index (χ0) is 24.1. The molecule has 0 bridgehead atoms. The number of phenols is 1. The molecular weight excluding hydrogens is 436 g/mol. The third-order valence-electron chi connectivity index (χ3n) is 5.77. The number of ether oxygens (including phenoxy) is 2. The Morgan fingerprint density at radius 3 is 2.68 bits per heavy atom. The number of unbranched alkanes of at least 4 members (excludes halogenated alkanes) is 1. The lowest BCUT2D eigenvalue weighted by molar-refractivity contribution is -0.143. The van der Waals surface area contributed by atoms with E-state index in [9.17, 15) is 14.7 Å². The van der Waals surface area contributed by atoms with Crippen LogP contribution in [0.2, 0.25) is 0 Å². The molecular formula is C26H28N2O6. The third kappa shape index (κ3) is 5.13. The number of aliphatic hydroxyl groups is 1. The number of aromatic nitrogens is 1. The maximum atomic E-state index is 13.0. The molecule has 178 valence electrons. The molecule has 0 radical (unpaired) electrons. The molecule has 1 aromatic heterocycles. The average molecular weight is 465 g/mol. The van der Waals surface area contributed by atoms with Crippen LogP contribution in [0.5, 0.6) is 5.75 Å². The van der Waals surface area contributed by atoms with Crippen molar-refractivity contribution in [1.29, 1.82) is 0 Å². The molecule has 8 nitrogen and oxygen atoms in total. The summed E-state index contributed by atoms with van der Waals surface area (Å²) < 4.78 is 13.4. The second kappa shape index (κ2) is 10.5. The van der Waals surface area contributed by atoms with Gasteiger partial charge in [-0.2, -0.15) is 0 Å². The van der Waals surface area contributed by atoms with Crippen LogP contribution in [0.3, 0.4) is 0 Å². The van der Waals surface area contributed by atoms with Crippen molar-refractivity contribution in [3.63, 3.8) is 0 Å². The molecule has 2 heterocycles. The Bertz CT molecular complexity index is 1210. The molecule has 0 saturated carbocycles. The van der Waals surface area contributed by atoms with Crippen LogP contribution in [0.15, 0.2) is 66.6 Å². The van der Waals surface area contributed by atoms with E-state index < -0.39 is 12.2 Å². The number of para-hydroxylation sites is 3. The highest BCUT2D eigenvalue weighted by atomic mass is 16.7. The van der Waals surface area contributed by atoms with Gasteiger partial charge in [0.15, 0.2) is 5.76 Å². The fourth-order valence-electron chi connectivity index (χ4n) is 4.09. The standard InChI is InChI=1S/C26H28N2O6/c1-17(30)28-16-20(19-8-2-4-10-22(19)28)18-14-24(34-25(15-18)33-13-7-6-12-29)26(32)27-21-9-3-5-11-23(21)31/h2-5,8-11,14,16,18,25,29,31H,6-7,12-13,15H2,1H3,(H,27,32)/t18-,25+/m0/s1. The Kier molecular flexibility index (Phi) is 7.30. The molecule has 0 saturated heterocycles. The van der Waals surface area contributed by atoms with E-state index in [1.165, 1.54) is 13.0 Å². The summed E-state index contributed by atoms with van der Waals surface area (Å²) in [5.74, 6) is -0.832. The molecule has 1 aliphatic heterocycles. The van der Waals surface area contributed by atoms with Crippen molar-refractivity contribution in [1.82, 2.24) is 4.57 Å². The maximum absolute atomic E-state index is 13.0. The number of benzene rings is 2. The number of aromatic hydroxyl groups is 1. The van der Waals surface area contributed by atoms with E-state index in [4.69, 9.17) is 14.6 Å². The molecule has 4 rings (SSSR count). The molecule has 8 heteroatoms. The van der Waals surface area contributed by atoms with E-state index in [2.05, 4.69) is 5.32 Å². The lowest BCUT2D eigenvalue weighted by Gasteiger charge is -2.29. The minimum absolute atomic E-state index is 0.0508. The largest absolute Gasteiger partial charge is 0.506 e. The monoisotopic (exact) mass is 464 g/mol. The summed E-state index contributed by atoms with van der Waals surface area (Å²) in [5.41, 5.74) is 1.96. The topological polar surface area (TPSA) is 110 Å². The fraction of sp³-hybridized carbons (Fsp3) is 0.308. The van der Waals surface area contributed by atoms with Gasteiger partial charge < -0.3 is 25.0 Å². The van der Waals surface area contributed by atoms with Crippen molar-refractivity contribution in [2.75, 3.05) is 18.5 Å². The van der Waals surface area contributed by atoms with Gasteiger partial charge in [-0.3, -0.25) is 14.2 Å². The second-order valence-electron chi connectivity index (χ2n) is 8.18. The van der Waals surface area contributed by atoms with Gasteiger partial charge in [0.2, 0.25) is 12.2 Å². The molecule has 3 N–H and O–H groups in total. The van der Waals surface area contributed by atoms with Crippen LogP contribution in [0.1, 0.15) is 42.5 Å². The predicted molar refractivity (Wildman–Crippen MR) is 128 cm³/mol. The van der Waals surface area contributed by atoms with Gasteiger partial charge in [-0.25, -0.2) is 0 Å². The van der Waals surface area contributed by atoms with Gasteiger partial charge in [0.25, 0.3) is 5.91 Å². The van der Waals surface area contributed by atoms with E-state index in [0.717, 1.165) is 16.5 Å². The molecule has 3 aromatic rings. The van der Waals surface area contributed by atoms with Crippen molar-refractivity contribution < 1.29 is 29.3 Å². The van der Waals surface area contributed by atoms with Crippen molar-refractivity contribution >= 4 is 28.4 Å². The number of anilines is 1. The molecule has 34 heavy (non-hydrogen) atoms. The Labute approximate surface area is 197 Å². The first-order valence-corrected chi connectivity index (χ1v) is 11.3. The van der Waals surface area contributed by atoms with Crippen molar-refractivity contribution in [3.05, 3.63) is 72.1 Å². The summed E-state index contributed by atoms with van der Waals surface area (Å²) >= 11 is 0. The highest BCUT2D eigenvalue weighted by Crippen LogP contribution is 2.37. The number of nitrogens with zero attached hydrogens (tertiary/aromatic N) is 1. The van der Waals surface area contributed by atoms with Crippen LogP contribution in [-0.2, 0) is 14.3 Å². The number of nitrogens with one attached hydrogen (secondary N) is 1. The van der Waals surface area contributed by atoms with E-state index >= 15 is 0 Å². The van der Waals surface area contributed by atoms with E-state index in [1.807, 2.05) is 24.3 Å². The van der Waals surface area contributed by atoms with Gasteiger partial charge in [-0.15, -0.1) is 0 Å². The smallest absolute Gasteiger partial charge is 0.290 e. The fourth-order valence-corrected chi connectivity index (χ4v) is 4.09. The number of hydrogen-bond acceptors (Lipinski definition) is 6. The molecule has 2 atom stereocenters. The van der Waals surface area contributed by atoms with Crippen LogP contribution < -0.4 is 5.32 Å². The number of aliphatic hydroxyl groups excluding tert-OH is 1. The highest BCUT2D eigenvalue weighted by molar-refractivity contribution is 6.03. The molecule has 1 amide bonds. The van der Waals surface area contributed by atoms with Crippen molar-refractivity contribution in [3.8, 4) is 5.75 Å². The number of rotatable bonds is 8. The van der Waals surface area contributed by atoms with Gasteiger partial charge >= 0.3 is 0 Å².